The fourth-order valence-electron chi connectivity index (χ4n) is 3.84. The first-order valence-electron chi connectivity index (χ1n) is 9.51. The number of hydrogen-bond acceptors (Lipinski definition) is 5. The number of nitrogens with zero attached hydrogens (tertiary/aromatic N) is 3. The molecular formula is C20H27N5O2. The second-order valence-corrected chi connectivity index (χ2v) is 7.23. The van der Waals surface area contributed by atoms with Crippen LogP contribution in [0.5, 0.6) is 0 Å². The Kier molecular flexibility index (Phi) is 6.01. The third-order valence-electron chi connectivity index (χ3n) is 5.42. The van der Waals surface area contributed by atoms with E-state index in [2.05, 4.69) is 21.9 Å². The van der Waals surface area contributed by atoms with Crippen molar-refractivity contribution in [3.63, 3.8) is 0 Å². The van der Waals surface area contributed by atoms with Crippen molar-refractivity contribution in [3.05, 3.63) is 46.1 Å². The van der Waals surface area contributed by atoms with Gasteiger partial charge in [0.15, 0.2) is 0 Å². The Bertz CT molecular complexity index is 849. The third-order valence-corrected chi connectivity index (χ3v) is 5.42. The maximum absolute atomic E-state index is 12.7. The molecule has 7 heteroatoms. The first-order chi connectivity index (χ1) is 13.0. The van der Waals surface area contributed by atoms with Crippen LogP contribution in [0.4, 0.5) is 0 Å². The van der Waals surface area contributed by atoms with Crippen LogP contribution in [0.2, 0.25) is 0 Å². The summed E-state index contributed by atoms with van der Waals surface area (Å²) in [4.78, 5) is 38.5. The van der Waals surface area contributed by atoms with E-state index in [9.17, 15) is 9.59 Å². The average Bonchev–Trinajstić information content (AvgIpc) is 2.67. The first-order valence-corrected chi connectivity index (χ1v) is 9.51. The Labute approximate surface area is 159 Å². The minimum absolute atomic E-state index is 0.0622. The van der Waals surface area contributed by atoms with Crippen molar-refractivity contribution < 1.29 is 4.79 Å². The lowest BCUT2D eigenvalue weighted by atomic mass is 9.90. The van der Waals surface area contributed by atoms with Gasteiger partial charge in [-0.25, -0.2) is 4.98 Å². The molecule has 0 bridgehead atoms. The lowest BCUT2D eigenvalue weighted by Crippen LogP contribution is -2.51. The van der Waals surface area contributed by atoms with Crippen molar-refractivity contribution >= 4 is 5.91 Å². The molecule has 3 rings (SSSR count). The molecule has 7 nitrogen and oxygen atoms in total. The normalized spacial score (nSPS) is 19.9. The van der Waals surface area contributed by atoms with E-state index in [0.29, 0.717) is 42.4 Å². The van der Waals surface area contributed by atoms with Gasteiger partial charge in [0.2, 0.25) is 5.91 Å². The van der Waals surface area contributed by atoms with Crippen LogP contribution >= 0.6 is 0 Å². The largest absolute Gasteiger partial charge is 0.338 e. The molecule has 27 heavy (non-hydrogen) atoms. The van der Waals surface area contributed by atoms with Gasteiger partial charge < -0.3 is 15.6 Å². The predicted molar refractivity (Wildman–Crippen MR) is 104 cm³/mol. The van der Waals surface area contributed by atoms with Crippen molar-refractivity contribution in [2.75, 3.05) is 13.1 Å². The van der Waals surface area contributed by atoms with E-state index in [-0.39, 0.29) is 17.5 Å². The summed E-state index contributed by atoms with van der Waals surface area (Å²) in [6.45, 7) is 5.18. The lowest BCUT2D eigenvalue weighted by molar-refractivity contribution is -0.136. The van der Waals surface area contributed by atoms with Crippen LogP contribution < -0.4 is 11.3 Å². The van der Waals surface area contributed by atoms with Crippen LogP contribution in [0.25, 0.3) is 11.4 Å². The zero-order chi connectivity index (χ0) is 19.4. The van der Waals surface area contributed by atoms with E-state index in [1.54, 1.807) is 25.4 Å². The average molecular weight is 369 g/mol. The number of aromatic nitrogens is 3. The minimum Gasteiger partial charge on any atom is -0.338 e. The van der Waals surface area contributed by atoms with Gasteiger partial charge in [0.1, 0.15) is 5.82 Å². The topological polar surface area (TPSA) is 105 Å². The number of H-pyrrole nitrogens is 1. The molecular weight excluding hydrogens is 342 g/mol. The quantitative estimate of drug-likeness (QED) is 0.834. The predicted octanol–water partition coefficient (Wildman–Crippen LogP) is 1.66. The standard InChI is InChI=1S/C20H27N5O2/c1-13-5-4-10-25(17(13)11-21)18(26)8-7-16-14(2)23-19(24-20(16)27)15-6-3-9-22-12-15/h3,6,9,12-13,17H,4-5,7-8,10-11,21H2,1-2H3,(H,23,24,27)/t13-,17-/m0/s1. The van der Waals surface area contributed by atoms with Crippen molar-refractivity contribution in [1.29, 1.82) is 0 Å². The SMILES string of the molecule is Cc1nc(-c2cccnc2)[nH]c(=O)c1CCC(=O)N1CCC[C@H](C)[C@@H]1CN. The molecule has 0 radical (unpaired) electrons. The Morgan fingerprint density at radius 1 is 1.44 bits per heavy atom. The molecule has 1 amide bonds. The Balaban J connectivity index is 1.73. The summed E-state index contributed by atoms with van der Waals surface area (Å²) >= 11 is 0. The van der Waals surface area contributed by atoms with Gasteiger partial charge in [0.25, 0.3) is 5.56 Å². The summed E-state index contributed by atoms with van der Waals surface area (Å²) in [6, 6.07) is 3.74. The van der Waals surface area contributed by atoms with Crippen LogP contribution in [-0.4, -0.2) is 44.9 Å². The van der Waals surface area contributed by atoms with E-state index >= 15 is 0 Å². The number of rotatable bonds is 5. The van der Waals surface area contributed by atoms with Crippen LogP contribution in [0.3, 0.4) is 0 Å². The van der Waals surface area contributed by atoms with E-state index in [1.165, 1.54) is 0 Å². The number of amides is 1. The van der Waals surface area contributed by atoms with Gasteiger partial charge in [0, 0.05) is 54.8 Å². The van der Waals surface area contributed by atoms with Gasteiger partial charge in [-0.2, -0.15) is 0 Å². The van der Waals surface area contributed by atoms with Crippen molar-refractivity contribution in [2.24, 2.45) is 11.7 Å². The van der Waals surface area contributed by atoms with Gasteiger partial charge in [-0.3, -0.25) is 14.6 Å². The van der Waals surface area contributed by atoms with Crippen molar-refractivity contribution in [1.82, 2.24) is 19.9 Å². The van der Waals surface area contributed by atoms with Crippen LogP contribution in [0.15, 0.2) is 29.3 Å². The minimum atomic E-state index is -0.198. The lowest BCUT2D eigenvalue weighted by Gasteiger charge is -2.39. The maximum Gasteiger partial charge on any atom is 0.254 e. The van der Waals surface area contributed by atoms with Gasteiger partial charge in [-0.05, 0) is 44.2 Å². The molecule has 2 aromatic heterocycles. The highest BCUT2D eigenvalue weighted by Crippen LogP contribution is 2.23. The fourth-order valence-corrected chi connectivity index (χ4v) is 3.84. The van der Waals surface area contributed by atoms with Gasteiger partial charge >= 0.3 is 0 Å². The van der Waals surface area contributed by atoms with Crippen LogP contribution in [-0.2, 0) is 11.2 Å². The number of carbonyl (C=O) groups excluding carboxylic acids is 1. The second kappa shape index (κ2) is 8.43. The number of nitrogens with two attached hydrogens (primary N) is 1. The van der Waals surface area contributed by atoms with E-state index in [0.717, 1.165) is 24.9 Å². The Hall–Kier alpha value is -2.54. The van der Waals surface area contributed by atoms with E-state index < -0.39 is 0 Å². The number of carbonyl (C=O) groups is 1. The Morgan fingerprint density at radius 3 is 2.93 bits per heavy atom. The summed E-state index contributed by atoms with van der Waals surface area (Å²) in [7, 11) is 0. The third kappa shape index (κ3) is 4.24. The van der Waals surface area contributed by atoms with Gasteiger partial charge in [0.05, 0.1) is 0 Å². The van der Waals surface area contributed by atoms with E-state index in [4.69, 9.17) is 5.73 Å². The summed E-state index contributed by atoms with van der Waals surface area (Å²) in [5.74, 6) is 0.971. The molecule has 3 heterocycles. The monoisotopic (exact) mass is 369 g/mol. The number of pyridine rings is 1. The number of nitrogens with one attached hydrogen (secondary N) is 1. The fraction of sp³-hybridized carbons (Fsp3) is 0.500. The smallest absolute Gasteiger partial charge is 0.254 e. The molecule has 1 fully saturated rings. The molecule has 0 aliphatic carbocycles. The zero-order valence-corrected chi connectivity index (χ0v) is 15.9. The molecule has 0 spiro atoms. The molecule has 0 saturated carbocycles. The zero-order valence-electron chi connectivity index (χ0n) is 15.9. The maximum atomic E-state index is 12.7. The number of aryl methyl sites for hydroxylation is 1. The highest BCUT2D eigenvalue weighted by Gasteiger charge is 2.30. The van der Waals surface area contributed by atoms with Crippen molar-refractivity contribution in [3.8, 4) is 11.4 Å². The molecule has 0 aromatic carbocycles. The highest BCUT2D eigenvalue weighted by molar-refractivity contribution is 5.77. The number of piperidine rings is 1. The van der Waals surface area contributed by atoms with Crippen LogP contribution in [0, 0.1) is 12.8 Å². The Morgan fingerprint density at radius 2 is 2.26 bits per heavy atom. The highest BCUT2D eigenvalue weighted by atomic mass is 16.2. The number of aromatic amines is 1. The molecule has 2 aromatic rings. The molecule has 1 aliphatic rings. The molecule has 1 aliphatic heterocycles. The van der Waals surface area contributed by atoms with Gasteiger partial charge in [-0.1, -0.05) is 6.92 Å². The van der Waals surface area contributed by atoms with Gasteiger partial charge in [-0.15, -0.1) is 0 Å². The molecule has 144 valence electrons. The summed E-state index contributed by atoms with van der Waals surface area (Å²) in [5.41, 5.74) is 7.65. The summed E-state index contributed by atoms with van der Waals surface area (Å²) in [5, 5.41) is 0. The first kappa shape index (κ1) is 19.2. The molecule has 3 N–H and O–H groups in total. The molecule has 1 saturated heterocycles. The van der Waals surface area contributed by atoms with E-state index in [1.807, 2.05) is 11.0 Å². The molecule has 0 unspecified atom stereocenters. The second-order valence-electron chi connectivity index (χ2n) is 7.23. The summed E-state index contributed by atoms with van der Waals surface area (Å²) in [6.07, 6.45) is 6.11. The van der Waals surface area contributed by atoms with Crippen LogP contribution in [0.1, 0.15) is 37.4 Å². The number of hydrogen-bond donors (Lipinski definition) is 2. The molecule has 2 atom stereocenters. The number of likely N-dealkylation sites (tertiary alicyclic amines) is 1. The summed E-state index contributed by atoms with van der Waals surface area (Å²) < 4.78 is 0. The van der Waals surface area contributed by atoms with Crippen molar-refractivity contribution in [2.45, 2.75) is 45.6 Å².